The van der Waals surface area contributed by atoms with Crippen LogP contribution >= 0.6 is 11.3 Å². The van der Waals surface area contributed by atoms with E-state index in [0.29, 0.717) is 0 Å². The number of thiazole rings is 1. The van der Waals surface area contributed by atoms with Crippen LogP contribution in [0.15, 0.2) is 11.6 Å². The lowest BCUT2D eigenvalue weighted by molar-refractivity contribution is 0.434. The quantitative estimate of drug-likeness (QED) is 0.869. The van der Waals surface area contributed by atoms with E-state index in [2.05, 4.69) is 27.9 Å². The van der Waals surface area contributed by atoms with Gasteiger partial charge in [-0.15, -0.1) is 11.3 Å². The first-order valence-electron chi connectivity index (χ1n) is 5.89. The van der Waals surface area contributed by atoms with Crippen LogP contribution in [0.1, 0.15) is 37.1 Å². The Kier molecular flexibility index (Phi) is 2.30. The maximum absolute atomic E-state index is 6.05. The van der Waals surface area contributed by atoms with E-state index in [1.807, 2.05) is 0 Å². The van der Waals surface area contributed by atoms with Gasteiger partial charge in [0.2, 0.25) is 0 Å². The lowest BCUT2D eigenvalue weighted by Gasteiger charge is -2.27. The second kappa shape index (κ2) is 3.57. The molecular formula is C12H17N3S. The van der Waals surface area contributed by atoms with Crippen molar-refractivity contribution in [1.82, 2.24) is 9.38 Å². The lowest BCUT2D eigenvalue weighted by Crippen LogP contribution is -2.34. The Morgan fingerprint density at radius 2 is 2.25 bits per heavy atom. The second-order valence-electron chi connectivity index (χ2n) is 4.79. The average Bonchev–Trinajstić information content (AvgIpc) is 2.92. The predicted molar refractivity (Wildman–Crippen MR) is 67.0 cm³/mol. The number of imidazole rings is 1. The van der Waals surface area contributed by atoms with E-state index in [-0.39, 0.29) is 5.41 Å². The first-order valence-corrected chi connectivity index (χ1v) is 6.77. The van der Waals surface area contributed by atoms with Gasteiger partial charge in [-0.3, -0.25) is 4.40 Å². The van der Waals surface area contributed by atoms with Gasteiger partial charge < -0.3 is 5.73 Å². The molecule has 0 aliphatic heterocycles. The topological polar surface area (TPSA) is 43.3 Å². The summed E-state index contributed by atoms with van der Waals surface area (Å²) in [6.07, 6.45) is 7.16. The smallest absolute Gasteiger partial charge is 0.194 e. The summed E-state index contributed by atoms with van der Waals surface area (Å²) in [5.41, 5.74) is 8.77. The summed E-state index contributed by atoms with van der Waals surface area (Å²) >= 11 is 1.70. The third-order valence-electron chi connectivity index (χ3n) is 3.89. The van der Waals surface area contributed by atoms with Crippen LogP contribution in [0.5, 0.6) is 0 Å². The van der Waals surface area contributed by atoms with Crippen LogP contribution in [-0.2, 0) is 5.41 Å². The van der Waals surface area contributed by atoms with E-state index >= 15 is 0 Å². The van der Waals surface area contributed by atoms with Gasteiger partial charge in [-0.25, -0.2) is 4.98 Å². The third kappa shape index (κ3) is 1.26. The standard InChI is InChI=1S/C12H17N3S/c1-9-10(12(8-13)4-2-3-5-12)15-6-7-16-11(15)14-9/h6-7H,2-5,8,13H2,1H3. The minimum Gasteiger partial charge on any atom is -0.330 e. The zero-order valence-electron chi connectivity index (χ0n) is 9.57. The Hall–Kier alpha value is -0.870. The van der Waals surface area contributed by atoms with Gasteiger partial charge >= 0.3 is 0 Å². The highest BCUT2D eigenvalue weighted by atomic mass is 32.1. The lowest BCUT2D eigenvalue weighted by atomic mass is 9.82. The minimum absolute atomic E-state index is 0.185. The molecule has 1 aliphatic rings. The van der Waals surface area contributed by atoms with Crippen molar-refractivity contribution in [2.24, 2.45) is 5.73 Å². The molecule has 16 heavy (non-hydrogen) atoms. The summed E-state index contributed by atoms with van der Waals surface area (Å²) in [6.45, 7) is 2.86. The van der Waals surface area contributed by atoms with E-state index in [0.717, 1.165) is 11.5 Å². The van der Waals surface area contributed by atoms with Crippen molar-refractivity contribution in [3.8, 4) is 0 Å². The van der Waals surface area contributed by atoms with E-state index in [1.54, 1.807) is 11.3 Å². The van der Waals surface area contributed by atoms with Crippen molar-refractivity contribution in [1.29, 1.82) is 0 Å². The van der Waals surface area contributed by atoms with Gasteiger partial charge in [0.15, 0.2) is 4.96 Å². The van der Waals surface area contributed by atoms with Gasteiger partial charge in [-0.2, -0.15) is 0 Å². The maximum atomic E-state index is 6.05. The fourth-order valence-electron chi connectivity index (χ4n) is 3.12. The zero-order chi connectivity index (χ0) is 11.2. The number of nitrogens with two attached hydrogens (primary N) is 1. The van der Waals surface area contributed by atoms with Crippen LogP contribution in [0.4, 0.5) is 0 Å². The molecule has 1 fully saturated rings. The molecule has 0 spiro atoms. The highest BCUT2D eigenvalue weighted by Gasteiger charge is 2.38. The highest BCUT2D eigenvalue weighted by molar-refractivity contribution is 7.15. The Balaban J connectivity index is 2.22. The average molecular weight is 235 g/mol. The summed E-state index contributed by atoms with van der Waals surface area (Å²) in [4.78, 5) is 5.74. The molecule has 2 aromatic rings. The number of hydrogen-bond acceptors (Lipinski definition) is 3. The molecule has 86 valence electrons. The van der Waals surface area contributed by atoms with Crippen molar-refractivity contribution in [3.05, 3.63) is 23.0 Å². The first-order chi connectivity index (χ1) is 7.77. The number of nitrogens with zero attached hydrogens (tertiary/aromatic N) is 2. The van der Waals surface area contributed by atoms with Crippen molar-refractivity contribution < 1.29 is 0 Å². The Morgan fingerprint density at radius 1 is 1.50 bits per heavy atom. The molecular weight excluding hydrogens is 218 g/mol. The zero-order valence-corrected chi connectivity index (χ0v) is 10.4. The van der Waals surface area contributed by atoms with Crippen molar-refractivity contribution >= 4 is 16.3 Å². The summed E-state index contributed by atoms with van der Waals surface area (Å²) in [5, 5.41) is 2.10. The maximum Gasteiger partial charge on any atom is 0.194 e. The van der Waals surface area contributed by atoms with Crippen LogP contribution in [0.25, 0.3) is 4.96 Å². The normalized spacial score (nSPS) is 19.6. The van der Waals surface area contributed by atoms with Crippen LogP contribution in [0, 0.1) is 6.92 Å². The molecule has 3 rings (SSSR count). The van der Waals surface area contributed by atoms with Crippen LogP contribution in [0.3, 0.4) is 0 Å². The monoisotopic (exact) mass is 235 g/mol. The fourth-order valence-corrected chi connectivity index (χ4v) is 3.88. The number of fused-ring (bicyclic) bond motifs is 1. The van der Waals surface area contributed by atoms with Crippen molar-refractivity contribution in [2.75, 3.05) is 6.54 Å². The molecule has 1 saturated carbocycles. The van der Waals surface area contributed by atoms with Gasteiger partial charge in [-0.05, 0) is 19.8 Å². The molecule has 2 N–H and O–H groups in total. The molecule has 0 atom stereocenters. The van der Waals surface area contributed by atoms with Gasteiger partial charge in [0.1, 0.15) is 0 Å². The molecule has 1 aliphatic carbocycles. The van der Waals surface area contributed by atoms with Crippen molar-refractivity contribution in [2.45, 2.75) is 38.0 Å². The van der Waals surface area contributed by atoms with Gasteiger partial charge in [-0.1, -0.05) is 12.8 Å². The Morgan fingerprint density at radius 3 is 2.94 bits per heavy atom. The number of aromatic nitrogens is 2. The van der Waals surface area contributed by atoms with Crippen molar-refractivity contribution in [3.63, 3.8) is 0 Å². The highest BCUT2D eigenvalue weighted by Crippen LogP contribution is 2.42. The first kappa shape index (κ1) is 10.3. The molecule has 0 saturated heterocycles. The van der Waals surface area contributed by atoms with E-state index in [4.69, 9.17) is 5.73 Å². The molecule has 0 radical (unpaired) electrons. The Bertz CT molecular complexity index is 505. The van der Waals surface area contributed by atoms with Gasteiger partial charge in [0.05, 0.1) is 11.4 Å². The van der Waals surface area contributed by atoms with Crippen LogP contribution in [0.2, 0.25) is 0 Å². The summed E-state index contributed by atoms with van der Waals surface area (Å²) in [6, 6.07) is 0. The van der Waals surface area contributed by atoms with Gasteiger partial charge in [0, 0.05) is 23.5 Å². The molecule has 2 aromatic heterocycles. The molecule has 0 bridgehead atoms. The van der Waals surface area contributed by atoms with Crippen LogP contribution < -0.4 is 5.73 Å². The van der Waals surface area contributed by atoms with E-state index < -0.39 is 0 Å². The molecule has 0 aromatic carbocycles. The molecule has 2 heterocycles. The van der Waals surface area contributed by atoms with E-state index in [9.17, 15) is 0 Å². The third-order valence-corrected chi connectivity index (χ3v) is 4.65. The molecule has 0 amide bonds. The van der Waals surface area contributed by atoms with E-state index in [1.165, 1.54) is 37.1 Å². The molecule has 0 unspecified atom stereocenters. The minimum atomic E-state index is 0.185. The number of rotatable bonds is 2. The molecule has 3 nitrogen and oxygen atoms in total. The summed E-state index contributed by atoms with van der Waals surface area (Å²) in [5.74, 6) is 0. The Labute approximate surface area is 99.3 Å². The van der Waals surface area contributed by atoms with Gasteiger partial charge in [0.25, 0.3) is 0 Å². The summed E-state index contributed by atoms with van der Waals surface area (Å²) < 4.78 is 2.25. The predicted octanol–water partition coefficient (Wildman–Crippen LogP) is 2.47. The number of hydrogen-bond donors (Lipinski definition) is 1. The SMILES string of the molecule is Cc1nc2sccn2c1C1(CN)CCCC1. The number of aryl methyl sites for hydroxylation is 1. The fraction of sp³-hybridized carbons (Fsp3) is 0.583. The van der Waals surface area contributed by atoms with Crippen LogP contribution in [-0.4, -0.2) is 15.9 Å². The molecule has 4 heteroatoms. The second-order valence-corrected chi connectivity index (χ2v) is 5.67. The summed E-state index contributed by atoms with van der Waals surface area (Å²) in [7, 11) is 0. The largest absolute Gasteiger partial charge is 0.330 e.